The van der Waals surface area contributed by atoms with Crippen LogP contribution in [-0.2, 0) is 6.18 Å². The fraction of sp³-hybridized carbons (Fsp3) is 0.267. The summed E-state index contributed by atoms with van der Waals surface area (Å²) in [7, 11) is 1.43. The molecule has 3 heterocycles. The van der Waals surface area contributed by atoms with Crippen LogP contribution in [-0.4, -0.2) is 40.8 Å². The molecule has 1 aliphatic rings. The Morgan fingerprint density at radius 2 is 2.16 bits per heavy atom. The zero-order valence-electron chi connectivity index (χ0n) is 12.8. The molecule has 0 radical (unpaired) electrons. The standard InChI is InChI=1S/C15H11F3N4O2S/c1-21-7-13(23)22(14(21)24)12-4-10(15(16,17)18)9(6-20-12)11-3-2-8(5-19)25-11/h2-4,6,13,23H,7H2,1H3. The molecular weight excluding hydrogens is 357 g/mol. The molecule has 2 aromatic rings. The lowest BCUT2D eigenvalue weighted by Crippen LogP contribution is -2.35. The summed E-state index contributed by atoms with van der Waals surface area (Å²) in [6.45, 7) is -0.0277. The van der Waals surface area contributed by atoms with Crippen molar-refractivity contribution in [1.82, 2.24) is 9.88 Å². The van der Waals surface area contributed by atoms with Gasteiger partial charge in [-0.05, 0) is 18.2 Å². The number of carbonyl (C=O) groups is 1. The first-order chi connectivity index (χ1) is 11.7. The van der Waals surface area contributed by atoms with Crippen LogP contribution < -0.4 is 4.90 Å². The van der Waals surface area contributed by atoms with Gasteiger partial charge in [0.25, 0.3) is 0 Å². The van der Waals surface area contributed by atoms with Crippen LogP contribution in [0.15, 0.2) is 24.4 Å². The fourth-order valence-electron chi connectivity index (χ4n) is 2.52. The van der Waals surface area contributed by atoms with E-state index in [0.29, 0.717) is 0 Å². The summed E-state index contributed by atoms with van der Waals surface area (Å²) in [6, 6.07) is 4.82. The molecule has 6 nitrogen and oxygen atoms in total. The highest BCUT2D eigenvalue weighted by molar-refractivity contribution is 7.16. The lowest BCUT2D eigenvalue weighted by atomic mass is 10.1. The number of halogens is 3. The molecule has 1 atom stereocenters. The number of thiophene rings is 1. The number of carbonyl (C=O) groups excluding carboxylic acids is 1. The molecule has 0 saturated carbocycles. The quantitative estimate of drug-likeness (QED) is 0.884. The minimum absolute atomic E-state index is 0.0277. The van der Waals surface area contributed by atoms with Gasteiger partial charge in [-0.2, -0.15) is 18.4 Å². The molecular formula is C15H11F3N4O2S. The van der Waals surface area contributed by atoms with E-state index in [1.807, 2.05) is 6.07 Å². The van der Waals surface area contributed by atoms with Crippen molar-refractivity contribution in [2.75, 3.05) is 18.5 Å². The summed E-state index contributed by atoms with van der Waals surface area (Å²) in [4.78, 5) is 18.5. The number of rotatable bonds is 2. The molecule has 25 heavy (non-hydrogen) atoms. The van der Waals surface area contributed by atoms with Gasteiger partial charge in [0.1, 0.15) is 16.8 Å². The predicted molar refractivity (Wildman–Crippen MR) is 83.8 cm³/mol. The van der Waals surface area contributed by atoms with Crippen molar-refractivity contribution in [3.05, 3.63) is 34.8 Å². The van der Waals surface area contributed by atoms with Crippen LogP contribution in [0.4, 0.5) is 23.8 Å². The molecule has 1 aliphatic heterocycles. The third-order valence-corrected chi connectivity index (χ3v) is 4.71. The third-order valence-electron chi connectivity index (χ3n) is 3.69. The van der Waals surface area contributed by atoms with E-state index in [-0.39, 0.29) is 27.7 Å². The van der Waals surface area contributed by atoms with Gasteiger partial charge in [0.15, 0.2) is 6.23 Å². The molecule has 1 fully saturated rings. The molecule has 0 spiro atoms. The number of aliphatic hydroxyl groups is 1. The van der Waals surface area contributed by atoms with Gasteiger partial charge in [-0.25, -0.2) is 14.7 Å². The van der Waals surface area contributed by atoms with Crippen LogP contribution in [0, 0.1) is 11.3 Å². The van der Waals surface area contributed by atoms with Gasteiger partial charge < -0.3 is 10.0 Å². The largest absolute Gasteiger partial charge is 0.417 e. The number of urea groups is 1. The molecule has 2 amide bonds. The van der Waals surface area contributed by atoms with Crippen LogP contribution in [0.25, 0.3) is 10.4 Å². The number of β-amino-alcohol motifs (C(OH)–C–C–N with tert-alkyl or cyclic N) is 1. The monoisotopic (exact) mass is 368 g/mol. The molecule has 0 aliphatic carbocycles. The summed E-state index contributed by atoms with van der Waals surface area (Å²) < 4.78 is 40.5. The maximum atomic E-state index is 13.5. The number of alkyl halides is 3. The van der Waals surface area contributed by atoms with E-state index < -0.39 is 24.0 Å². The zero-order chi connectivity index (χ0) is 18.4. The van der Waals surface area contributed by atoms with Crippen LogP contribution in [0.5, 0.6) is 0 Å². The maximum Gasteiger partial charge on any atom is 0.417 e. The van der Waals surface area contributed by atoms with Gasteiger partial charge in [0.2, 0.25) is 0 Å². The van der Waals surface area contributed by atoms with E-state index in [1.165, 1.54) is 24.1 Å². The molecule has 1 N–H and O–H groups in total. The number of nitrogens with zero attached hydrogens (tertiary/aromatic N) is 4. The Hall–Kier alpha value is -2.64. The Balaban J connectivity index is 2.11. The minimum atomic E-state index is -4.69. The smallest absolute Gasteiger partial charge is 0.371 e. The van der Waals surface area contributed by atoms with Gasteiger partial charge in [-0.15, -0.1) is 11.3 Å². The normalized spacial score (nSPS) is 17.9. The summed E-state index contributed by atoms with van der Waals surface area (Å²) in [5, 5.41) is 18.8. The van der Waals surface area contributed by atoms with E-state index in [0.717, 1.165) is 28.5 Å². The average Bonchev–Trinajstić information content (AvgIpc) is 3.11. The summed E-state index contributed by atoms with van der Waals surface area (Å²) in [5.41, 5.74) is -1.17. The first-order valence-corrected chi connectivity index (χ1v) is 7.84. The van der Waals surface area contributed by atoms with Crippen LogP contribution in [0.3, 0.4) is 0 Å². The lowest BCUT2D eigenvalue weighted by Gasteiger charge is -2.20. The number of aliphatic hydroxyl groups excluding tert-OH is 1. The Morgan fingerprint density at radius 1 is 1.44 bits per heavy atom. The Labute approximate surface area is 144 Å². The van der Waals surface area contributed by atoms with Crippen molar-refractivity contribution in [1.29, 1.82) is 5.26 Å². The maximum absolute atomic E-state index is 13.5. The number of hydrogen-bond acceptors (Lipinski definition) is 5. The summed E-state index contributed by atoms with van der Waals surface area (Å²) in [5.74, 6) is -0.282. The van der Waals surface area contributed by atoms with E-state index in [1.54, 1.807) is 0 Å². The minimum Gasteiger partial charge on any atom is -0.371 e. The van der Waals surface area contributed by atoms with Crippen molar-refractivity contribution in [2.45, 2.75) is 12.4 Å². The third kappa shape index (κ3) is 3.04. The van der Waals surface area contributed by atoms with E-state index >= 15 is 0 Å². The predicted octanol–water partition coefficient (Wildman–Crippen LogP) is 2.89. The first kappa shape index (κ1) is 17.2. The number of amides is 2. The van der Waals surface area contributed by atoms with Crippen molar-refractivity contribution in [3.63, 3.8) is 0 Å². The summed E-state index contributed by atoms with van der Waals surface area (Å²) >= 11 is 0.917. The highest BCUT2D eigenvalue weighted by Crippen LogP contribution is 2.41. The average molecular weight is 368 g/mol. The number of nitriles is 1. The number of anilines is 1. The second kappa shape index (κ2) is 6.02. The second-order valence-electron chi connectivity index (χ2n) is 5.38. The van der Waals surface area contributed by atoms with Crippen LogP contribution in [0.1, 0.15) is 10.4 Å². The van der Waals surface area contributed by atoms with E-state index in [4.69, 9.17) is 5.26 Å². The van der Waals surface area contributed by atoms with Crippen molar-refractivity contribution >= 4 is 23.2 Å². The Kier molecular flexibility index (Phi) is 4.14. The number of aromatic nitrogens is 1. The van der Waals surface area contributed by atoms with E-state index in [2.05, 4.69) is 4.98 Å². The first-order valence-electron chi connectivity index (χ1n) is 7.02. The number of likely N-dealkylation sites (N-methyl/N-ethyl adjacent to an activating group) is 1. The molecule has 3 rings (SSSR count). The van der Waals surface area contributed by atoms with Gasteiger partial charge in [0, 0.05) is 23.7 Å². The van der Waals surface area contributed by atoms with Gasteiger partial charge >= 0.3 is 12.2 Å². The van der Waals surface area contributed by atoms with Crippen LogP contribution >= 0.6 is 11.3 Å². The Morgan fingerprint density at radius 3 is 2.68 bits per heavy atom. The summed E-state index contributed by atoms with van der Waals surface area (Å²) in [6.07, 6.45) is -4.96. The van der Waals surface area contributed by atoms with Crippen molar-refractivity contribution in [3.8, 4) is 16.5 Å². The molecule has 0 aromatic carbocycles. The molecule has 130 valence electrons. The molecule has 2 aromatic heterocycles. The number of pyridine rings is 1. The molecule has 1 unspecified atom stereocenters. The van der Waals surface area contributed by atoms with Crippen LogP contribution in [0.2, 0.25) is 0 Å². The van der Waals surface area contributed by atoms with Crippen molar-refractivity contribution < 1.29 is 23.1 Å². The van der Waals surface area contributed by atoms with Gasteiger partial charge in [-0.3, -0.25) is 0 Å². The molecule has 1 saturated heterocycles. The zero-order valence-corrected chi connectivity index (χ0v) is 13.6. The van der Waals surface area contributed by atoms with Gasteiger partial charge in [-0.1, -0.05) is 0 Å². The van der Waals surface area contributed by atoms with Crippen molar-refractivity contribution in [2.24, 2.45) is 0 Å². The second-order valence-corrected chi connectivity index (χ2v) is 6.46. The fourth-order valence-corrected chi connectivity index (χ4v) is 3.34. The topological polar surface area (TPSA) is 80.5 Å². The Bertz CT molecular complexity index is 874. The van der Waals surface area contributed by atoms with Gasteiger partial charge in [0.05, 0.1) is 12.1 Å². The highest BCUT2D eigenvalue weighted by atomic mass is 32.1. The SMILES string of the molecule is CN1CC(O)N(c2cc(C(F)(F)F)c(-c3ccc(C#N)s3)cn2)C1=O. The number of hydrogen-bond donors (Lipinski definition) is 1. The molecule has 10 heteroatoms. The highest BCUT2D eigenvalue weighted by Gasteiger charge is 2.39. The lowest BCUT2D eigenvalue weighted by molar-refractivity contribution is -0.137. The molecule has 0 bridgehead atoms. The van der Waals surface area contributed by atoms with E-state index in [9.17, 15) is 23.1 Å².